The predicted molar refractivity (Wildman–Crippen MR) is 204 cm³/mol. The van der Waals surface area contributed by atoms with Crippen LogP contribution in [0.15, 0.2) is 71.1 Å². The number of likely N-dealkylation sites (N-methyl/N-ethyl adjacent to an activating group) is 1. The van der Waals surface area contributed by atoms with Gasteiger partial charge in [-0.2, -0.15) is 0 Å². The molecule has 6 atom stereocenters. The quantitative estimate of drug-likeness (QED) is 0.278. The fraction of sp³-hybridized carbons (Fsp3) is 0.550. The van der Waals surface area contributed by atoms with Crippen molar-refractivity contribution in [2.45, 2.75) is 117 Å². The molecule has 6 nitrogen and oxygen atoms in total. The van der Waals surface area contributed by atoms with Crippen molar-refractivity contribution in [3.63, 3.8) is 0 Å². The van der Waals surface area contributed by atoms with Crippen LogP contribution in [0.1, 0.15) is 107 Å². The number of allylic oxidation sites excluding steroid dienone is 2. The number of hydrogen-bond acceptors (Lipinski definition) is 5. The SMILES string of the molecule is C=C1PC(NC(C)c2cccc(NC(=O)c3ccc(CC45C[C@H]6CN(C)C[C@@H](C4)N65)c(C)c3)c2)C=N/C1=C/CC.CC(C)C.CCC. The average molecular weight is 658 g/mol. The van der Waals surface area contributed by atoms with Crippen LogP contribution in [-0.2, 0) is 6.42 Å². The monoisotopic (exact) mass is 657 g/mol. The van der Waals surface area contributed by atoms with Gasteiger partial charge in [-0.05, 0) is 98.8 Å². The molecule has 7 heteroatoms. The summed E-state index contributed by atoms with van der Waals surface area (Å²) in [4.78, 5) is 23.1. The van der Waals surface area contributed by atoms with Crippen LogP contribution in [-0.4, -0.2) is 65.5 Å². The molecule has 4 aliphatic heterocycles. The molecule has 0 spiro atoms. The number of aliphatic imine (C=N–C) groups is 1. The number of benzene rings is 2. The highest BCUT2D eigenvalue weighted by Gasteiger charge is 2.64. The van der Waals surface area contributed by atoms with E-state index < -0.39 is 0 Å². The smallest absolute Gasteiger partial charge is 0.255 e. The maximum Gasteiger partial charge on any atom is 0.255 e. The third-order valence-electron chi connectivity index (χ3n) is 9.21. The maximum absolute atomic E-state index is 13.2. The van der Waals surface area contributed by atoms with Gasteiger partial charge in [0.15, 0.2) is 0 Å². The molecular formula is C40H60N5OP. The number of likely N-dealkylation sites (tertiary alicyclic amines) is 1. The second-order valence-corrected chi connectivity index (χ2v) is 16.2. The molecule has 2 aromatic carbocycles. The minimum atomic E-state index is -0.0653. The number of nitrogens with one attached hydrogen (secondary N) is 2. The summed E-state index contributed by atoms with van der Waals surface area (Å²) in [5.41, 5.74) is 6.62. The zero-order chi connectivity index (χ0) is 34.3. The van der Waals surface area contributed by atoms with Crippen molar-refractivity contribution in [2.75, 3.05) is 25.5 Å². The zero-order valence-electron chi connectivity index (χ0n) is 30.5. The molecule has 3 fully saturated rings. The number of amides is 1. The van der Waals surface area contributed by atoms with Crippen molar-refractivity contribution in [1.29, 1.82) is 0 Å². The van der Waals surface area contributed by atoms with Crippen molar-refractivity contribution in [3.8, 4) is 0 Å². The summed E-state index contributed by atoms with van der Waals surface area (Å²) in [6.45, 7) is 23.8. The third-order valence-corrected chi connectivity index (χ3v) is 10.4. The number of nitrogens with zero attached hydrogens (tertiary/aromatic N) is 3. The van der Waals surface area contributed by atoms with Crippen molar-refractivity contribution >= 4 is 26.4 Å². The highest BCUT2D eigenvalue weighted by atomic mass is 31.1. The molecule has 47 heavy (non-hydrogen) atoms. The van der Waals surface area contributed by atoms with Gasteiger partial charge < -0.3 is 10.2 Å². The first kappa shape index (κ1) is 37.2. The van der Waals surface area contributed by atoms with Crippen LogP contribution in [0.4, 0.5) is 5.69 Å². The van der Waals surface area contributed by atoms with Gasteiger partial charge in [-0.3, -0.25) is 20.0 Å². The van der Waals surface area contributed by atoms with Crippen LogP contribution in [0.3, 0.4) is 0 Å². The summed E-state index contributed by atoms with van der Waals surface area (Å²) in [5.74, 6) is 0.938. The number of aryl methyl sites for hydroxylation is 1. The molecule has 256 valence electrons. The molecule has 2 aromatic rings. The van der Waals surface area contributed by atoms with Crippen molar-refractivity contribution < 1.29 is 4.79 Å². The van der Waals surface area contributed by atoms with Crippen molar-refractivity contribution in [3.05, 3.63) is 88.4 Å². The van der Waals surface area contributed by atoms with E-state index in [1.165, 1.54) is 43.5 Å². The summed E-state index contributed by atoms with van der Waals surface area (Å²) in [6, 6.07) is 16.0. The standard InChI is InChI=1S/C33H42N5OP.C4H10.C3H8/c1-6-8-30-23(4)40-31(18-34-30)35-22(3)24-9-7-10-27(14-24)36-32(39)25-11-12-26(21(2)13-25)15-33-16-28-19-37(5)20-29(17-33)38(28)33;1-4(2)3;1-3-2/h7-14,18,22,28-29,31,35,40H,4,6,15-17,19-20H2,1-3,5H3,(H,36,39);4H,1-3H3;3H2,1-2H3/b30-8+;;/t22?,28-,29+,31?,33?;;. The largest absolute Gasteiger partial charge is 0.322 e. The van der Waals surface area contributed by atoms with Gasteiger partial charge in [-0.1, -0.05) is 87.4 Å². The van der Waals surface area contributed by atoms with E-state index in [0.717, 1.165) is 53.1 Å². The van der Waals surface area contributed by atoms with Crippen LogP contribution >= 0.6 is 8.58 Å². The molecule has 1 amide bonds. The van der Waals surface area contributed by atoms with E-state index in [1.54, 1.807) is 0 Å². The van der Waals surface area contributed by atoms with E-state index in [-0.39, 0.29) is 17.7 Å². The lowest BCUT2D eigenvalue weighted by atomic mass is 9.60. The topological polar surface area (TPSA) is 60.0 Å². The summed E-state index contributed by atoms with van der Waals surface area (Å²) in [6.07, 6.45) is 10.1. The van der Waals surface area contributed by atoms with Crippen LogP contribution in [0.2, 0.25) is 0 Å². The molecule has 0 bridgehead atoms. The second kappa shape index (κ2) is 16.7. The molecule has 0 radical (unpaired) electrons. The molecule has 0 aromatic heterocycles. The Hall–Kier alpha value is -2.63. The minimum absolute atomic E-state index is 0.0653. The molecule has 3 saturated heterocycles. The number of piperazine rings is 1. The lowest BCUT2D eigenvalue weighted by Crippen LogP contribution is -2.84. The van der Waals surface area contributed by atoms with E-state index in [4.69, 9.17) is 0 Å². The molecule has 4 unspecified atom stereocenters. The summed E-state index contributed by atoms with van der Waals surface area (Å²) in [7, 11) is 2.82. The molecule has 2 N–H and O–H groups in total. The van der Waals surface area contributed by atoms with Crippen LogP contribution in [0.5, 0.6) is 0 Å². The molecule has 4 aliphatic rings. The first-order valence-electron chi connectivity index (χ1n) is 17.8. The number of hydrogen-bond donors (Lipinski definition) is 2. The fourth-order valence-corrected chi connectivity index (χ4v) is 8.55. The fourth-order valence-electron chi connectivity index (χ4n) is 7.38. The second-order valence-electron chi connectivity index (χ2n) is 14.7. The highest BCUT2D eigenvalue weighted by Crippen LogP contribution is 2.55. The molecule has 6 rings (SSSR count). The van der Waals surface area contributed by atoms with Crippen molar-refractivity contribution in [1.82, 2.24) is 15.1 Å². The molecule has 0 saturated carbocycles. The molecule has 0 aliphatic carbocycles. The Morgan fingerprint density at radius 1 is 1.09 bits per heavy atom. The Labute approximate surface area is 287 Å². The van der Waals surface area contributed by atoms with Crippen LogP contribution in [0, 0.1) is 12.8 Å². The van der Waals surface area contributed by atoms with Gasteiger partial charge in [0.25, 0.3) is 5.91 Å². The average Bonchev–Trinajstić information content (AvgIpc) is 2.98. The Morgan fingerprint density at radius 2 is 1.74 bits per heavy atom. The minimum Gasteiger partial charge on any atom is -0.322 e. The van der Waals surface area contributed by atoms with Gasteiger partial charge in [0, 0.05) is 54.2 Å². The highest BCUT2D eigenvalue weighted by molar-refractivity contribution is 7.45. The lowest BCUT2D eigenvalue weighted by Gasteiger charge is -2.74. The van der Waals surface area contributed by atoms with Gasteiger partial charge in [0.2, 0.25) is 0 Å². The van der Waals surface area contributed by atoms with Crippen LogP contribution < -0.4 is 10.6 Å². The summed E-state index contributed by atoms with van der Waals surface area (Å²) in [5, 5.41) is 7.89. The first-order valence-corrected chi connectivity index (χ1v) is 18.9. The Balaban J connectivity index is 0.000000654. The summed E-state index contributed by atoms with van der Waals surface area (Å²) >= 11 is 0. The predicted octanol–water partition coefficient (Wildman–Crippen LogP) is 8.95. The lowest BCUT2D eigenvalue weighted by molar-refractivity contribution is -0.228. The third kappa shape index (κ3) is 9.29. The number of rotatable bonds is 8. The van der Waals surface area contributed by atoms with Gasteiger partial charge in [-0.25, -0.2) is 0 Å². The molecule has 4 heterocycles. The van der Waals surface area contributed by atoms with Gasteiger partial charge in [0.05, 0.1) is 11.5 Å². The number of carbonyl (C=O) groups excluding carboxylic acids is 1. The maximum atomic E-state index is 13.2. The normalized spacial score (nSPS) is 26.7. The van der Waals surface area contributed by atoms with E-state index in [1.807, 2.05) is 24.4 Å². The van der Waals surface area contributed by atoms with E-state index >= 15 is 0 Å². The van der Waals surface area contributed by atoms with E-state index in [2.05, 4.69) is 125 Å². The summed E-state index contributed by atoms with van der Waals surface area (Å²) < 4.78 is 0. The van der Waals surface area contributed by atoms with Gasteiger partial charge in [0.1, 0.15) is 0 Å². The zero-order valence-corrected chi connectivity index (χ0v) is 31.5. The van der Waals surface area contributed by atoms with Gasteiger partial charge in [-0.15, -0.1) is 0 Å². The first-order chi connectivity index (χ1) is 22.4. The number of anilines is 1. The Bertz CT molecular complexity index is 1430. The number of carbonyl (C=O) groups is 1. The Kier molecular flexibility index (Phi) is 13.2. The molecular weight excluding hydrogens is 597 g/mol. The number of piperidine rings is 1. The van der Waals surface area contributed by atoms with Gasteiger partial charge >= 0.3 is 0 Å². The Morgan fingerprint density at radius 3 is 2.34 bits per heavy atom. The van der Waals surface area contributed by atoms with Crippen molar-refractivity contribution in [2.24, 2.45) is 10.9 Å². The van der Waals surface area contributed by atoms with E-state index in [0.29, 0.717) is 19.7 Å². The van der Waals surface area contributed by atoms with Crippen LogP contribution in [0.25, 0.3) is 0 Å². The van der Waals surface area contributed by atoms with E-state index in [9.17, 15) is 4.79 Å².